The number of hydrogen-bond donors (Lipinski definition) is 6. The van der Waals surface area contributed by atoms with Gasteiger partial charge in [0.2, 0.25) is 0 Å². The van der Waals surface area contributed by atoms with Crippen LogP contribution in [0.3, 0.4) is 0 Å². The largest absolute Gasteiger partial charge is 0.481 e. The molecule has 0 radical (unpaired) electrons. The van der Waals surface area contributed by atoms with E-state index >= 15 is 0 Å². The average Bonchev–Trinajstić information content (AvgIpc) is 1.70. The minimum absolute atomic E-state index is 0.0205. The molecule has 15 rings (SSSR count). The maximum absolute atomic E-state index is 13.6. The predicted octanol–water partition coefficient (Wildman–Crippen LogP) is 22.9. The van der Waals surface area contributed by atoms with E-state index in [2.05, 4.69) is 67.3 Å². The van der Waals surface area contributed by atoms with Crippen LogP contribution in [-0.2, 0) is 16.1 Å². The van der Waals surface area contributed by atoms with Crippen LogP contribution in [-0.4, -0.2) is 193 Å². The van der Waals surface area contributed by atoms with Crippen molar-refractivity contribution in [2.75, 3.05) is 110 Å². The number of benzene rings is 10. The Labute approximate surface area is 840 Å². The number of nitrogens with zero attached hydrogens (tertiary/aromatic N) is 6. The van der Waals surface area contributed by atoms with Gasteiger partial charge in [-0.3, -0.25) is 48.1 Å². The summed E-state index contributed by atoms with van der Waals surface area (Å²) in [6.45, 7) is 28.5. The van der Waals surface area contributed by atoms with Crippen molar-refractivity contribution in [2.45, 2.75) is 184 Å². The Kier molecular flexibility index (Phi) is 50.2. The number of nitrogens with one attached hydrogen (secondary N) is 5. The highest BCUT2D eigenvalue weighted by atomic mass is 19.1. The summed E-state index contributed by atoms with van der Waals surface area (Å²) in [6.07, 6.45) is 17.6. The zero-order chi connectivity index (χ0) is 104. The Morgan fingerprint density at radius 1 is 0.406 bits per heavy atom. The van der Waals surface area contributed by atoms with E-state index in [0.717, 1.165) is 127 Å². The van der Waals surface area contributed by atoms with Crippen LogP contribution in [0.4, 0.5) is 43.4 Å². The third kappa shape index (κ3) is 44.1. The van der Waals surface area contributed by atoms with Crippen LogP contribution in [0.25, 0.3) is 0 Å². The zero-order valence-electron chi connectivity index (χ0n) is 85.1. The van der Waals surface area contributed by atoms with Gasteiger partial charge >= 0.3 is 5.97 Å². The van der Waals surface area contributed by atoms with E-state index in [1.165, 1.54) is 141 Å². The molecule has 1 aromatic heterocycles. The number of likely N-dealkylation sites (tertiary alicyclic amines) is 3. The summed E-state index contributed by atoms with van der Waals surface area (Å²) < 4.78 is 80.0. The number of carboxylic acid groups (broad SMARTS) is 1. The molecule has 3 saturated heterocycles. The highest BCUT2D eigenvalue weighted by Crippen LogP contribution is 2.26. The van der Waals surface area contributed by atoms with E-state index in [1.807, 2.05) is 135 Å². The molecule has 4 fully saturated rings. The van der Waals surface area contributed by atoms with E-state index in [0.29, 0.717) is 55.5 Å². The molecule has 762 valence electrons. The highest BCUT2D eigenvalue weighted by molar-refractivity contribution is 6.04. The lowest BCUT2D eigenvalue weighted by Gasteiger charge is -2.36. The van der Waals surface area contributed by atoms with Crippen molar-refractivity contribution in [2.24, 2.45) is 0 Å². The van der Waals surface area contributed by atoms with Crippen molar-refractivity contribution >= 4 is 69.9 Å². The topological polar surface area (TPSA) is 263 Å². The van der Waals surface area contributed by atoms with Gasteiger partial charge in [0.15, 0.2) is 11.6 Å². The molecule has 1 saturated carbocycles. The molecule has 21 nitrogen and oxygen atoms in total. The van der Waals surface area contributed by atoms with Gasteiger partial charge in [-0.15, -0.1) is 0 Å². The predicted molar refractivity (Wildman–Crippen MR) is 559 cm³/mol. The van der Waals surface area contributed by atoms with Crippen LogP contribution in [0.5, 0.6) is 0 Å². The molecular formula is C116H141F6N11O10. The number of carboxylic acids is 1. The standard InChI is InChI=1S/C17H24N2O.C15H14FNO.C15H21NO.C14H21NO.C13H11FN2O.C11H12FNO.C11H14FNO.C10H12FNO2.C10H12FNO/c1-14-4-6-15(7-5-14)17(20)19-12-8-16(9-13-19)18-10-2-3-11-18;1-11-7-8-13(14(16)9-11)15(18)17-10-12-5-3-2-4-6-12;1-13-6-8-14(9-7-13)15(17)5-4-12-16-10-2-3-11-16;1-12-7-9-13(10-8-12)14(16)6-4-5-11-15(2)3;1-9-2-3-11(12(14)8-9)13(17)16-10-4-6-15-7-5-10;1-7-2-5-9(10(12)6-7)11(14)13-8-3-4-8;1-8-3-4-11(10(12)7-8)13-6-5-9(2)14;1-7-2-3-9(8(11)6-7)12-5-4-10(13)14;1-7-4-5-8(9(11)6-7)10(13)12(2)3/h4-7,16H,2-3,8-13H2,1H3;2-9H,10H2,1H3,(H,17,18);6-9H,2-5,10-12H2,1H3;7-10H,4-6,11H2,1-3H3;2-8H,1H3,(H,15,16,17);2,5-6,8H,3-4H2,1H3,(H,13,14);3-4,7,13H,5-6H2,1-2H3;2-3,6,12H,4-5H2,1H3,(H,13,14);4-6H,1-3H3. The van der Waals surface area contributed by atoms with Crippen molar-refractivity contribution in [3.63, 3.8) is 0 Å². The van der Waals surface area contributed by atoms with Crippen molar-refractivity contribution in [3.05, 3.63) is 366 Å². The second-order valence-corrected chi connectivity index (χ2v) is 36.8. The van der Waals surface area contributed by atoms with Crippen LogP contribution in [0.2, 0.25) is 0 Å². The first-order chi connectivity index (χ1) is 68.3. The third-order valence-corrected chi connectivity index (χ3v) is 23.5. The number of pyridine rings is 1. The smallest absolute Gasteiger partial charge is 0.305 e. The molecule has 6 N–H and O–H groups in total. The van der Waals surface area contributed by atoms with Crippen molar-refractivity contribution in [1.82, 2.24) is 40.1 Å². The number of carbonyl (C=O) groups excluding carboxylic acids is 8. The highest BCUT2D eigenvalue weighted by Gasteiger charge is 2.30. The molecule has 1 aliphatic carbocycles. The second kappa shape index (κ2) is 61.8. The molecule has 27 heteroatoms. The zero-order valence-corrected chi connectivity index (χ0v) is 85.1. The second-order valence-electron chi connectivity index (χ2n) is 36.8. The third-order valence-electron chi connectivity index (χ3n) is 23.5. The first kappa shape index (κ1) is 116. The number of rotatable bonds is 29. The Morgan fingerprint density at radius 2 is 0.804 bits per heavy atom. The number of aryl methyl sites for hydroxylation is 9. The summed E-state index contributed by atoms with van der Waals surface area (Å²) in [5.41, 5.74) is 13.8. The summed E-state index contributed by atoms with van der Waals surface area (Å²) in [4.78, 5) is 118. The fourth-order valence-electron chi connectivity index (χ4n) is 15.0. The maximum atomic E-state index is 13.6. The van der Waals surface area contributed by atoms with Gasteiger partial charge in [0.25, 0.3) is 29.5 Å². The number of aromatic nitrogens is 1. The fourth-order valence-corrected chi connectivity index (χ4v) is 15.0. The Hall–Kier alpha value is -13.8. The lowest BCUT2D eigenvalue weighted by molar-refractivity contribution is -0.136. The SMILES string of the molecule is CC(=O)CCNc1ccc(C)cc1F.Cc1ccc(C(=O)CCCCN(C)C)cc1.Cc1ccc(C(=O)CCCN2CCCC2)cc1.Cc1ccc(C(=O)N(C)C)c(F)c1.Cc1ccc(C(=O)N2CCC(N3CCCC3)CC2)cc1.Cc1ccc(C(=O)NC2CC2)c(F)c1.Cc1ccc(C(=O)NCc2ccccc2)c(F)c1.Cc1ccc(C(=O)Nc2ccncc2)c(F)c1.Cc1ccc(NCCC(=O)O)c(F)c1. The lowest BCUT2D eigenvalue weighted by atomic mass is 10.0. The van der Waals surface area contributed by atoms with Crippen LogP contribution < -0.4 is 26.6 Å². The normalized spacial score (nSPS) is 12.9. The van der Waals surface area contributed by atoms with E-state index < -0.39 is 41.1 Å². The van der Waals surface area contributed by atoms with Gasteiger partial charge in [0.05, 0.1) is 40.0 Å². The first-order valence-electron chi connectivity index (χ1n) is 48.8. The van der Waals surface area contributed by atoms with Gasteiger partial charge in [0.1, 0.15) is 40.7 Å². The fraction of sp³-hybridized carbons (Fsp3) is 0.362. The van der Waals surface area contributed by atoms with Crippen LogP contribution in [0.1, 0.15) is 231 Å². The Morgan fingerprint density at radius 3 is 1.22 bits per heavy atom. The molecule has 4 heterocycles. The molecule has 0 bridgehead atoms. The summed E-state index contributed by atoms with van der Waals surface area (Å²) in [5, 5.41) is 22.0. The maximum Gasteiger partial charge on any atom is 0.305 e. The number of hydrogen-bond acceptors (Lipinski definition) is 15. The number of ketones is 3. The minimum atomic E-state index is -0.898. The number of amides is 5. The van der Waals surface area contributed by atoms with Crippen LogP contribution >= 0.6 is 0 Å². The van der Waals surface area contributed by atoms with Crippen molar-refractivity contribution < 1.29 is 74.6 Å². The van der Waals surface area contributed by atoms with Gasteiger partial charge in [-0.25, -0.2) is 26.3 Å². The number of carbonyl (C=O) groups is 9. The van der Waals surface area contributed by atoms with E-state index in [-0.39, 0.29) is 88.0 Å². The van der Waals surface area contributed by atoms with Crippen LogP contribution in [0, 0.1) is 97.2 Å². The molecule has 143 heavy (non-hydrogen) atoms. The molecule has 4 aliphatic rings. The summed E-state index contributed by atoms with van der Waals surface area (Å²) in [5.74, 6) is -4.04. The van der Waals surface area contributed by atoms with Gasteiger partial charge in [-0.2, -0.15) is 0 Å². The van der Waals surface area contributed by atoms with Gasteiger partial charge in [-0.1, -0.05) is 144 Å². The summed E-state index contributed by atoms with van der Waals surface area (Å²) >= 11 is 0. The van der Waals surface area contributed by atoms with E-state index in [1.54, 1.807) is 116 Å². The quantitative estimate of drug-likeness (QED) is 0.0145. The average molecular weight is 1960 g/mol. The van der Waals surface area contributed by atoms with Gasteiger partial charge < -0.3 is 56.2 Å². The summed E-state index contributed by atoms with van der Waals surface area (Å²) in [6, 6.07) is 65.5. The van der Waals surface area contributed by atoms with Crippen LogP contribution in [0.15, 0.2) is 237 Å². The molecule has 5 amide bonds. The molecule has 3 aliphatic heterocycles. The van der Waals surface area contributed by atoms with Crippen molar-refractivity contribution in [1.29, 1.82) is 0 Å². The number of aliphatic carboxylic acids is 1. The van der Waals surface area contributed by atoms with E-state index in [9.17, 15) is 69.5 Å². The van der Waals surface area contributed by atoms with E-state index in [4.69, 9.17) is 5.11 Å². The Bertz CT molecular complexity index is 5800. The first-order valence-corrected chi connectivity index (χ1v) is 48.8. The molecule has 11 aromatic rings. The molecule has 10 aromatic carbocycles. The monoisotopic (exact) mass is 1960 g/mol. The molecule has 0 unspecified atom stereocenters. The number of piperidine rings is 1. The molecule has 0 spiro atoms. The summed E-state index contributed by atoms with van der Waals surface area (Å²) in [7, 11) is 7.31. The minimum Gasteiger partial charge on any atom is -0.481 e. The lowest BCUT2D eigenvalue weighted by Crippen LogP contribution is -2.45. The van der Waals surface area contributed by atoms with Gasteiger partial charge in [-0.05, 0) is 329 Å². The number of anilines is 3. The number of unbranched alkanes of at least 4 members (excludes halogenated alkanes) is 1. The Balaban J connectivity index is 0.000000219. The number of Topliss-reactive ketones (excluding diaryl/α,β-unsaturated/α-hetero) is 3. The number of halogens is 6. The molecule has 0 atom stereocenters. The molecular weight excluding hydrogens is 1820 g/mol. The van der Waals surface area contributed by atoms with Gasteiger partial charge in [0, 0.05) is 113 Å². The van der Waals surface area contributed by atoms with Crippen molar-refractivity contribution in [3.8, 4) is 0 Å².